The summed E-state index contributed by atoms with van der Waals surface area (Å²) in [7, 11) is 0. The zero-order chi connectivity index (χ0) is 15.1. The van der Waals surface area contributed by atoms with Crippen molar-refractivity contribution in [3.8, 4) is 11.3 Å². The third kappa shape index (κ3) is 4.27. The quantitative estimate of drug-likeness (QED) is 0.817. The van der Waals surface area contributed by atoms with E-state index in [-0.39, 0.29) is 0 Å². The fourth-order valence-electron chi connectivity index (χ4n) is 2.03. The molecule has 110 valence electrons. The van der Waals surface area contributed by atoms with Gasteiger partial charge < -0.3 is 10.4 Å². The van der Waals surface area contributed by atoms with E-state index >= 15 is 0 Å². The first-order chi connectivity index (χ1) is 10.2. The molecule has 0 amide bonds. The lowest BCUT2D eigenvalue weighted by atomic mass is 10.1. The number of hydrogen-bond acceptors (Lipinski definition) is 4. The van der Waals surface area contributed by atoms with E-state index < -0.39 is 12.0 Å². The van der Waals surface area contributed by atoms with Crippen molar-refractivity contribution in [2.24, 2.45) is 0 Å². The van der Waals surface area contributed by atoms with Crippen molar-refractivity contribution in [1.29, 1.82) is 0 Å². The lowest BCUT2D eigenvalue weighted by molar-refractivity contribution is -0.138. The van der Waals surface area contributed by atoms with Crippen LogP contribution in [0, 0.1) is 0 Å². The number of anilines is 1. The minimum atomic E-state index is -0.865. The van der Waals surface area contributed by atoms with Gasteiger partial charge in [-0.1, -0.05) is 50.1 Å². The molecule has 0 aliphatic carbocycles. The van der Waals surface area contributed by atoms with Gasteiger partial charge in [-0.3, -0.25) is 4.98 Å². The minimum absolute atomic E-state index is 0.486. The number of carboxylic acid groups (broad SMARTS) is 1. The Hall–Kier alpha value is -2.43. The smallest absolute Gasteiger partial charge is 0.326 e. The Morgan fingerprint density at radius 1 is 1.29 bits per heavy atom. The predicted molar refractivity (Wildman–Crippen MR) is 82.0 cm³/mol. The average molecular weight is 285 g/mol. The molecular formula is C16H19N3O2. The summed E-state index contributed by atoms with van der Waals surface area (Å²) in [4.78, 5) is 19.8. The molecule has 0 radical (unpaired) electrons. The molecule has 1 aromatic carbocycles. The second-order valence-electron chi connectivity index (χ2n) is 4.83. The summed E-state index contributed by atoms with van der Waals surface area (Å²) in [6, 6.07) is 9.05. The fourth-order valence-corrected chi connectivity index (χ4v) is 2.03. The van der Waals surface area contributed by atoms with Gasteiger partial charge in [0.2, 0.25) is 0 Å². The van der Waals surface area contributed by atoms with Gasteiger partial charge in [0.15, 0.2) is 0 Å². The van der Waals surface area contributed by atoms with Crippen LogP contribution in [0.25, 0.3) is 11.3 Å². The van der Waals surface area contributed by atoms with Crippen molar-refractivity contribution in [3.63, 3.8) is 0 Å². The Morgan fingerprint density at radius 3 is 2.71 bits per heavy atom. The Morgan fingerprint density at radius 2 is 2.05 bits per heavy atom. The molecule has 0 spiro atoms. The molecule has 0 aliphatic heterocycles. The average Bonchev–Trinajstić information content (AvgIpc) is 2.52. The first-order valence-corrected chi connectivity index (χ1v) is 7.07. The van der Waals surface area contributed by atoms with Gasteiger partial charge in [-0.15, -0.1) is 0 Å². The Balaban J connectivity index is 2.15. The van der Waals surface area contributed by atoms with Crippen LogP contribution in [0.4, 0.5) is 5.82 Å². The van der Waals surface area contributed by atoms with E-state index in [1.54, 1.807) is 12.4 Å². The molecule has 2 rings (SSSR count). The summed E-state index contributed by atoms with van der Waals surface area (Å²) in [5, 5.41) is 12.2. The van der Waals surface area contributed by atoms with Crippen molar-refractivity contribution in [2.45, 2.75) is 32.2 Å². The van der Waals surface area contributed by atoms with Crippen LogP contribution in [0.3, 0.4) is 0 Å². The van der Waals surface area contributed by atoms with Gasteiger partial charge >= 0.3 is 5.97 Å². The molecule has 21 heavy (non-hydrogen) atoms. The number of nitrogens with one attached hydrogen (secondary N) is 1. The van der Waals surface area contributed by atoms with Gasteiger partial charge in [-0.2, -0.15) is 0 Å². The molecule has 0 unspecified atom stereocenters. The van der Waals surface area contributed by atoms with Crippen molar-refractivity contribution in [3.05, 3.63) is 42.7 Å². The number of nitrogens with zero attached hydrogens (tertiary/aromatic N) is 2. The van der Waals surface area contributed by atoms with Gasteiger partial charge in [0.05, 0.1) is 18.1 Å². The highest BCUT2D eigenvalue weighted by Crippen LogP contribution is 2.17. The number of aliphatic carboxylic acids is 1. The van der Waals surface area contributed by atoms with Crippen LogP contribution in [0.5, 0.6) is 0 Å². The number of carbonyl (C=O) groups is 1. The monoisotopic (exact) mass is 285 g/mol. The molecular weight excluding hydrogens is 266 g/mol. The topological polar surface area (TPSA) is 75.1 Å². The van der Waals surface area contributed by atoms with Gasteiger partial charge in [0.1, 0.15) is 11.9 Å². The van der Waals surface area contributed by atoms with Gasteiger partial charge in [-0.25, -0.2) is 9.78 Å². The molecule has 0 saturated heterocycles. The standard InChI is InChI=1S/C16H19N3O2/c1-2-3-9-13(16(20)21)18-15-11-17-10-14(19-15)12-7-5-4-6-8-12/h4-8,10-11,13H,2-3,9H2,1H3,(H,18,19)(H,20,21)/t13-/m0/s1. The molecule has 5 nitrogen and oxygen atoms in total. The van der Waals surface area contributed by atoms with E-state index in [4.69, 9.17) is 0 Å². The first kappa shape index (κ1) is 15.0. The fraction of sp³-hybridized carbons (Fsp3) is 0.312. The number of unbranched alkanes of at least 4 members (excludes halogenated alkanes) is 1. The summed E-state index contributed by atoms with van der Waals surface area (Å²) in [6.07, 6.45) is 5.61. The third-order valence-electron chi connectivity index (χ3n) is 3.17. The molecule has 0 aliphatic rings. The van der Waals surface area contributed by atoms with Gasteiger partial charge in [0.25, 0.3) is 0 Å². The van der Waals surface area contributed by atoms with Gasteiger partial charge in [0, 0.05) is 5.56 Å². The van der Waals surface area contributed by atoms with E-state index in [1.807, 2.05) is 37.3 Å². The molecule has 0 saturated carbocycles. The maximum atomic E-state index is 11.3. The second-order valence-corrected chi connectivity index (χ2v) is 4.83. The summed E-state index contributed by atoms with van der Waals surface area (Å²) >= 11 is 0. The largest absolute Gasteiger partial charge is 0.480 e. The van der Waals surface area contributed by atoms with Gasteiger partial charge in [-0.05, 0) is 6.42 Å². The maximum Gasteiger partial charge on any atom is 0.326 e. The van der Waals surface area contributed by atoms with Crippen LogP contribution < -0.4 is 5.32 Å². The van der Waals surface area contributed by atoms with Crippen LogP contribution in [0.2, 0.25) is 0 Å². The highest BCUT2D eigenvalue weighted by molar-refractivity contribution is 5.76. The summed E-state index contributed by atoms with van der Waals surface area (Å²) in [6.45, 7) is 2.04. The summed E-state index contributed by atoms with van der Waals surface area (Å²) < 4.78 is 0. The molecule has 1 aromatic heterocycles. The highest BCUT2D eigenvalue weighted by atomic mass is 16.4. The van der Waals surface area contributed by atoms with E-state index in [0.29, 0.717) is 12.2 Å². The Kier molecular flexibility index (Phi) is 5.26. The zero-order valence-corrected chi connectivity index (χ0v) is 12.0. The molecule has 0 bridgehead atoms. The van der Waals surface area contributed by atoms with Crippen molar-refractivity contribution >= 4 is 11.8 Å². The lowest BCUT2D eigenvalue weighted by Crippen LogP contribution is -2.29. The van der Waals surface area contributed by atoms with Crippen LogP contribution in [-0.2, 0) is 4.79 Å². The van der Waals surface area contributed by atoms with Crippen molar-refractivity contribution in [1.82, 2.24) is 9.97 Å². The van der Waals surface area contributed by atoms with Crippen molar-refractivity contribution in [2.75, 3.05) is 5.32 Å². The van der Waals surface area contributed by atoms with Crippen LogP contribution in [0.15, 0.2) is 42.7 Å². The zero-order valence-electron chi connectivity index (χ0n) is 12.0. The van der Waals surface area contributed by atoms with E-state index in [0.717, 1.165) is 24.1 Å². The summed E-state index contributed by atoms with van der Waals surface area (Å²) in [5.74, 6) is -0.379. The van der Waals surface area contributed by atoms with E-state index in [9.17, 15) is 9.90 Å². The highest BCUT2D eigenvalue weighted by Gasteiger charge is 2.17. The number of carboxylic acids is 1. The number of hydrogen-bond donors (Lipinski definition) is 2. The van der Waals surface area contributed by atoms with Crippen LogP contribution in [0.1, 0.15) is 26.2 Å². The Bertz CT molecular complexity index is 587. The van der Waals surface area contributed by atoms with Crippen molar-refractivity contribution < 1.29 is 9.90 Å². The molecule has 5 heteroatoms. The predicted octanol–water partition coefficient (Wildman–Crippen LogP) is 3.20. The molecule has 2 aromatic rings. The van der Waals surface area contributed by atoms with Crippen LogP contribution >= 0.6 is 0 Å². The minimum Gasteiger partial charge on any atom is -0.480 e. The summed E-state index contributed by atoms with van der Waals surface area (Å²) in [5.41, 5.74) is 1.68. The third-order valence-corrected chi connectivity index (χ3v) is 3.17. The van der Waals surface area contributed by atoms with E-state index in [1.165, 1.54) is 0 Å². The molecule has 0 fully saturated rings. The van der Waals surface area contributed by atoms with Crippen LogP contribution in [-0.4, -0.2) is 27.1 Å². The maximum absolute atomic E-state index is 11.3. The number of benzene rings is 1. The number of aromatic nitrogens is 2. The molecule has 1 heterocycles. The SMILES string of the molecule is CCCC[C@H](Nc1cncc(-c2ccccc2)n1)C(=O)O. The Labute approximate surface area is 124 Å². The molecule has 1 atom stereocenters. The lowest BCUT2D eigenvalue weighted by Gasteiger charge is -2.14. The first-order valence-electron chi connectivity index (χ1n) is 7.07. The normalized spacial score (nSPS) is 11.9. The van der Waals surface area contributed by atoms with E-state index in [2.05, 4.69) is 15.3 Å². The molecule has 2 N–H and O–H groups in total. The second kappa shape index (κ2) is 7.38. The number of rotatable bonds is 7.